The maximum absolute atomic E-state index is 11.4. The number of aliphatic hydroxyl groups is 1. The first kappa shape index (κ1) is 30.4. The van der Waals surface area contributed by atoms with Gasteiger partial charge in [0.15, 0.2) is 0 Å². The van der Waals surface area contributed by atoms with Gasteiger partial charge in [-0.15, -0.1) is 0 Å². The van der Waals surface area contributed by atoms with E-state index in [1.165, 1.54) is 0 Å². The Bertz CT molecular complexity index is 1100. The van der Waals surface area contributed by atoms with Crippen molar-refractivity contribution in [2.45, 2.75) is 104 Å². The van der Waals surface area contributed by atoms with Gasteiger partial charge in [0.2, 0.25) is 0 Å². The zero-order valence-corrected chi connectivity index (χ0v) is 24.7. The van der Waals surface area contributed by atoms with Crippen LogP contribution in [-0.2, 0) is 29.2 Å². The highest BCUT2D eigenvalue weighted by molar-refractivity contribution is 7.81. The van der Waals surface area contributed by atoms with Crippen molar-refractivity contribution in [3.8, 4) is 0 Å². The Morgan fingerprint density at radius 3 is 2.37 bits per heavy atom. The molecule has 3 saturated carbocycles. The number of hydrogen-bond donors (Lipinski definition) is 3. The van der Waals surface area contributed by atoms with Crippen LogP contribution in [0.2, 0.25) is 0 Å². The van der Waals surface area contributed by atoms with Crippen molar-refractivity contribution in [2.24, 2.45) is 46.3 Å². The first-order chi connectivity index (χ1) is 17.5. The van der Waals surface area contributed by atoms with Crippen molar-refractivity contribution >= 4 is 20.8 Å². The van der Waals surface area contributed by atoms with Crippen LogP contribution in [-0.4, -0.2) is 49.9 Å². The van der Waals surface area contributed by atoms with E-state index in [9.17, 15) is 26.5 Å². The molecule has 3 fully saturated rings. The van der Waals surface area contributed by atoms with Crippen molar-refractivity contribution in [1.82, 2.24) is 0 Å². The van der Waals surface area contributed by atoms with Crippen molar-refractivity contribution in [2.75, 3.05) is 6.61 Å². The van der Waals surface area contributed by atoms with Gasteiger partial charge < -0.3 is 5.11 Å². The highest BCUT2D eigenvalue weighted by atomic mass is 32.3. The van der Waals surface area contributed by atoms with Crippen LogP contribution >= 0.6 is 0 Å². The average Bonchev–Trinajstić information content (AvgIpc) is 3.12. The molecule has 0 heterocycles. The van der Waals surface area contributed by atoms with Crippen molar-refractivity contribution in [3.05, 3.63) is 11.6 Å². The fourth-order valence-corrected chi connectivity index (χ4v) is 9.94. The summed E-state index contributed by atoms with van der Waals surface area (Å²) in [5.74, 6) is 1.97. The summed E-state index contributed by atoms with van der Waals surface area (Å²) in [6.07, 6.45) is 8.88. The minimum absolute atomic E-state index is 0.00757. The Kier molecular flexibility index (Phi) is 8.82. The SMILES string of the molecule is CC(C)CCC[C@@H](COS(=O)(=O)O)[C@H]1CC[C@@H]2[C@@H]3CC=C4C[C@H](OS(=O)(=O)O)C[C@@H](O)[C@]4(C)[C@@H]3CC[C@]12C. The van der Waals surface area contributed by atoms with Crippen molar-refractivity contribution < 1.29 is 39.4 Å². The Labute approximate surface area is 228 Å². The molecule has 0 bridgehead atoms. The number of allylic oxidation sites excluding steroid dienone is 1. The first-order valence-electron chi connectivity index (χ1n) is 14.2. The van der Waals surface area contributed by atoms with E-state index in [1.807, 2.05) is 0 Å². The number of rotatable bonds is 10. The molecule has 11 heteroatoms. The zero-order chi connectivity index (χ0) is 28.1. The molecule has 4 rings (SSSR count). The lowest BCUT2D eigenvalue weighted by atomic mass is 9.46. The quantitative estimate of drug-likeness (QED) is 0.241. The molecule has 4 aliphatic rings. The molecular formula is C27H46O9S2. The molecule has 220 valence electrons. The standard InChI is InChI=1S/C27H46O9S2/c1-17(2)6-5-7-18(16-35-37(29,30)31)22-10-11-23-21-9-8-19-14-20(36-38(32,33)34)15-25(28)27(19,4)24(21)12-13-26(22,23)3/h8,17-18,20-25,28H,5-7,9-16H2,1-4H3,(H,29,30,31)(H,32,33,34)/t18-,20-,21-,22+,23+,24+,25+,26+,27-/m0/s1. The van der Waals surface area contributed by atoms with Crippen LogP contribution in [0.15, 0.2) is 11.6 Å². The zero-order valence-electron chi connectivity index (χ0n) is 23.1. The summed E-state index contributed by atoms with van der Waals surface area (Å²) in [4.78, 5) is 0. The number of hydrogen-bond acceptors (Lipinski definition) is 7. The second kappa shape index (κ2) is 11.0. The Balaban J connectivity index is 1.55. The lowest BCUT2D eigenvalue weighted by molar-refractivity contribution is -0.107. The molecule has 9 atom stereocenters. The van der Waals surface area contributed by atoms with Crippen molar-refractivity contribution in [1.29, 1.82) is 0 Å². The second-order valence-electron chi connectivity index (χ2n) is 13.3. The van der Waals surface area contributed by atoms with E-state index in [0.717, 1.165) is 56.9 Å². The van der Waals surface area contributed by atoms with Crippen LogP contribution in [0.1, 0.15) is 91.9 Å². The average molecular weight is 579 g/mol. The van der Waals surface area contributed by atoms with Gasteiger partial charge in [-0.25, -0.2) is 8.37 Å². The first-order valence-corrected chi connectivity index (χ1v) is 16.9. The fraction of sp³-hybridized carbons (Fsp3) is 0.926. The second-order valence-corrected chi connectivity index (χ2v) is 15.4. The highest BCUT2D eigenvalue weighted by Gasteiger charge is 2.61. The summed E-state index contributed by atoms with van der Waals surface area (Å²) in [6.45, 7) is 8.82. The van der Waals surface area contributed by atoms with Gasteiger partial charge in [0.1, 0.15) is 0 Å². The maximum atomic E-state index is 11.4. The van der Waals surface area contributed by atoms with Gasteiger partial charge in [0, 0.05) is 11.8 Å². The minimum Gasteiger partial charge on any atom is -0.392 e. The number of fused-ring (bicyclic) bond motifs is 5. The summed E-state index contributed by atoms with van der Waals surface area (Å²) in [6, 6.07) is 0. The van der Waals surface area contributed by atoms with Gasteiger partial charge in [-0.3, -0.25) is 9.11 Å². The topological polar surface area (TPSA) is 147 Å². The van der Waals surface area contributed by atoms with Gasteiger partial charge in [0.05, 0.1) is 18.8 Å². The van der Waals surface area contributed by atoms with Crippen LogP contribution in [0.3, 0.4) is 0 Å². The smallest absolute Gasteiger partial charge is 0.392 e. The van der Waals surface area contributed by atoms with E-state index < -0.39 is 38.4 Å². The molecule has 0 aromatic heterocycles. The molecule has 0 aliphatic heterocycles. The van der Waals surface area contributed by atoms with Gasteiger partial charge in [-0.2, -0.15) is 16.8 Å². The molecule has 0 aromatic rings. The largest absolute Gasteiger partial charge is 0.397 e. The molecular weight excluding hydrogens is 532 g/mol. The third-order valence-corrected chi connectivity index (χ3v) is 11.8. The Hall–Kier alpha value is -0.560. The van der Waals surface area contributed by atoms with E-state index in [2.05, 4.69) is 33.8 Å². The monoisotopic (exact) mass is 578 g/mol. The predicted molar refractivity (Wildman–Crippen MR) is 143 cm³/mol. The molecule has 38 heavy (non-hydrogen) atoms. The van der Waals surface area contributed by atoms with Gasteiger partial charge >= 0.3 is 20.8 Å². The normalized spacial score (nSPS) is 40.3. The van der Waals surface area contributed by atoms with E-state index >= 15 is 0 Å². The van der Waals surface area contributed by atoms with Gasteiger partial charge in [0.25, 0.3) is 0 Å². The molecule has 0 aromatic carbocycles. The molecule has 0 unspecified atom stereocenters. The van der Waals surface area contributed by atoms with Crippen molar-refractivity contribution in [3.63, 3.8) is 0 Å². The predicted octanol–water partition coefficient (Wildman–Crippen LogP) is 4.99. The lowest BCUT2D eigenvalue weighted by Crippen LogP contribution is -2.56. The van der Waals surface area contributed by atoms with Crippen LogP contribution < -0.4 is 0 Å². The Morgan fingerprint density at radius 1 is 1.03 bits per heavy atom. The lowest BCUT2D eigenvalue weighted by Gasteiger charge is -2.59. The molecule has 0 spiro atoms. The number of aliphatic hydroxyl groups excluding tert-OH is 1. The molecule has 0 saturated heterocycles. The minimum atomic E-state index is -4.59. The summed E-state index contributed by atoms with van der Waals surface area (Å²) in [7, 11) is -9.09. The molecule has 3 N–H and O–H groups in total. The third-order valence-electron chi connectivity index (χ3n) is 10.8. The molecule has 0 radical (unpaired) electrons. The van der Waals surface area contributed by atoms with Crippen LogP contribution in [0.25, 0.3) is 0 Å². The van der Waals surface area contributed by atoms with E-state index in [0.29, 0.717) is 30.1 Å². The summed E-state index contributed by atoms with van der Waals surface area (Å²) < 4.78 is 73.7. The third kappa shape index (κ3) is 6.19. The summed E-state index contributed by atoms with van der Waals surface area (Å²) in [5, 5.41) is 11.3. The van der Waals surface area contributed by atoms with Crippen LogP contribution in [0.4, 0.5) is 0 Å². The van der Waals surface area contributed by atoms with Gasteiger partial charge in [-0.05, 0) is 85.9 Å². The van der Waals surface area contributed by atoms with Gasteiger partial charge in [-0.1, -0.05) is 52.2 Å². The van der Waals surface area contributed by atoms with E-state index in [-0.39, 0.29) is 30.3 Å². The molecule has 0 amide bonds. The molecule has 4 aliphatic carbocycles. The van der Waals surface area contributed by atoms with Crippen LogP contribution in [0, 0.1) is 46.3 Å². The fourth-order valence-electron chi connectivity index (χ4n) is 9.11. The highest BCUT2D eigenvalue weighted by Crippen LogP contribution is 2.67. The van der Waals surface area contributed by atoms with Crippen LogP contribution in [0.5, 0.6) is 0 Å². The molecule has 9 nitrogen and oxygen atoms in total. The Morgan fingerprint density at radius 2 is 1.74 bits per heavy atom. The van der Waals surface area contributed by atoms with E-state index in [4.69, 9.17) is 12.9 Å². The van der Waals surface area contributed by atoms with E-state index in [1.54, 1.807) is 0 Å². The summed E-state index contributed by atoms with van der Waals surface area (Å²) in [5.41, 5.74) is 0.577. The summed E-state index contributed by atoms with van der Waals surface area (Å²) >= 11 is 0. The maximum Gasteiger partial charge on any atom is 0.397 e.